The van der Waals surface area contributed by atoms with Crippen molar-refractivity contribution in [1.29, 1.82) is 0 Å². The van der Waals surface area contributed by atoms with Crippen molar-refractivity contribution in [3.8, 4) is 0 Å². The summed E-state index contributed by atoms with van der Waals surface area (Å²) in [6, 6.07) is 17.5. The Balaban J connectivity index is 2.24. The highest BCUT2D eigenvalue weighted by atomic mass is 19.1. The molecule has 0 saturated carbocycles. The smallest absolute Gasteiger partial charge is 0.127 e. The van der Waals surface area contributed by atoms with E-state index in [1.165, 1.54) is 6.07 Å². The zero-order valence-corrected chi connectivity index (χ0v) is 7.70. The van der Waals surface area contributed by atoms with Gasteiger partial charge in [0.15, 0.2) is 0 Å². The summed E-state index contributed by atoms with van der Waals surface area (Å²) in [5.74, 6) is -0.184. The Labute approximate surface area is 83.0 Å². The molecule has 14 heavy (non-hydrogen) atoms. The third-order valence-electron chi connectivity index (χ3n) is 2.13. The van der Waals surface area contributed by atoms with Gasteiger partial charge in [0.25, 0.3) is 0 Å². The average Bonchev–Trinajstić information content (AvgIpc) is 2.23. The van der Waals surface area contributed by atoms with E-state index in [1.54, 1.807) is 12.1 Å². The molecule has 0 bridgehead atoms. The van der Waals surface area contributed by atoms with E-state index in [-0.39, 0.29) is 5.82 Å². The summed E-state index contributed by atoms with van der Waals surface area (Å²) in [4.78, 5) is 0. The van der Waals surface area contributed by atoms with Gasteiger partial charge < -0.3 is 0 Å². The molecule has 0 spiro atoms. The van der Waals surface area contributed by atoms with Crippen molar-refractivity contribution < 1.29 is 4.39 Å². The molecule has 2 rings (SSSR count). The molecule has 2 aromatic carbocycles. The number of halogens is 1. The van der Waals surface area contributed by atoms with Gasteiger partial charge in [-0.15, -0.1) is 0 Å². The molecular weight excluding hydrogens is 175 g/mol. The molecule has 2 aromatic rings. The number of hydrogen-bond acceptors (Lipinski definition) is 0. The van der Waals surface area contributed by atoms with Crippen molar-refractivity contribution in [2.75, 3.05) is 0 Å². The highest BCUT2D eigenvalue weighted by Crippen LogP contribution is 2.12. The molecule has 0 aromatic heterocycles. The van der Waals surface area contributed by atoms with Crippen LogP contribution in [-0.2, 0) is 6.42 Å². The lowest BCUT2D eigenvalue weighted by Gasteiger charge is -2.02. The number of hydrogen-bond donors (Lipinski definition) is 0. The second kappa shape index (κ2) is 4.05. The molecule has 0 amide bonds. The first-order valence-electron chi connectivity index (χ1n) is 4.54. The molecule has 0 atom stereocenters. The Morgan fingerprint density at radius 1 is 1.07 bits per heavy atom. The summed E-state index contributed by atoms with van der Waals surface area (Å²) in [5, 5.41) is 0. The molecule has 1 heteroatoms. The van der Waals surface area contributed by atoms with Gasteiger partial charge in [0.05, 0.1) is 0 Å². The highest BCUT2D eigenvalue weighted by molar-refractivity contribution is 5.26. The van der Waals surface area contributed by atoms with Crippen LogP contribution in [0.15, 0.2) is 48.5 Å². The first-order chi connectivity index (χ1) is 6.86. The topological polar surface area (TPSA) is 0 Å². The quantitative estimate of drug-likeness (QED) is 0.674. The largest absolute Gasteiger partial charge is 0.207 e. The molecule has 0 aliphatic carbocycles. The van der Waals surface area contributed by atoms with Gasteiger partial charge in [0.1, 0.15) is 5.82 Å². The predicted octanol–water partition coefficient (Wildman–Crippen LogP) is 3.22. The Bertz CT molecular complexity index is 407. The molecule has 0 nitrogen and oxygen atoms in total. The molecule has 0 unspecified atom stereocenters. The summed E-state index contributed by atoms with van der Waals surface area (Å²) in [6.07, 6.45) is 0.640. The lowest BCUT2D eigenvalue weighted by molar-refractivity contribution is 0.613. The van der Waals surface area contributed by atoms with Crippen molar-refractivity contribution in [3.63, 3.8) is 0 Å². The van der Waals surface area contributed by atoms with Crippen LogP contribution in [0.1, 0.15) is 11.1 Å². The van der Waals surface area contributed by atoms with E-state index in [0.29, 0.717) is 6.42 Å². The first kappa shape index (κ1) is 8.95. The summed E-state index contributed by atoms with van der Waals surface area (Å²) < 4.78 is 13.2. The van der Waals surface area contributed by atoms with Gasteiger partial charge in [0.2, 0.25) is 0 Å². The summed E-state index contributed by atoms with van der Waals surface area (Å²) in [7, 11) is 0. The van der Waals surface area contributed by atoms with Crippen LogP contribution in [0.4, 0.5) is 4.39 Å². The van der Waals surface area contributed by atoms with Gasteiger partial charge in [-0.05, 0) is 23.3 Å². The Morgan fingerprint density at radius 3 is 2.57 bits per heavy atom. The monoisotopic (exact) mass is 185 g/mol. The summed E-state index contributed by atoms with van der Waals surface area (Å²) in [5.41, 5.74) is 1.84. The molecule has 0 N–H and O–H groups in total. The third kappa shape index (κ3) is 1.99. The van der Waals surface area contributed by atoms with Crippen LogP contribution < -0.4 is 0 Å². The van der Waals surface area contributed by atoms with E-state index in [9.17, 15) is 4.39 Å². The van der Waals surface area contributed by atoms with E-state index in [1.807, 2.05) is 30.3 Å². The van der Waals surface area contributed by atoms with Crippen LogP contribution in [-0.4, -0.2) is 0 Å². The molecule has 1 radical (unpaired) electrons. The zero-order valence-electron chi connectivity index (χ0n) is 7.70. The van der Waals surface area contributed by atoms with Gasteiger partial charge in [-0.1, -0.05) is 42.5 Å². The van der Waals surface area contributed by atoms with Crippen LogP contribution in [0.25, 0.3) is 0 Å². The van der Waals surface area contributed by atoms with Crippen molar-refractivity contribution in [3.05, 3.63) is 71.5 Å². The average molecular weight is 185 g/mol. The van der Waals surface area contributed by atoms with E-state index in [0.717, 1.165) is 11.1 Å². The molecule has 0 heterocycles. The van der Waals surface area contributed by atoms with Crippen molar-refractivity contribution >= 4 is 0 Å². The Morgan fingerprint density at radius 2 is 1.86 bits per heavy atom. The van der Waals surface area contributed by atoms with Crippen LogP contribution >= 0.6 is 0 Å². The Kier molecular flexibility index (Phi) is 2.59. The van der Waals surface area contributed by atoms with Crippen molar-refractivity contribution in [2.45, 2.75) is 6.42 Å². The van der Waals surface area contributed by atoms with E-state index in [4.69, 9.17) is 0 Å². The lowest BCUT2D eigenvalue weighted by Crippen LogP contribution is -1.91. The SMILES string of the molecule is Fc1c[c]ccc1Cc1ccccc1. The minimum atomic E-state index is -0.184. The second-order valence-electron chi connectivity index (χ2n) is 3.18. The van der Waals surface area contributed by atoms with E-state index >= 15 is 0 Å². The van der Waals surface area contributed by atoms with Crippen molar-refractivity contribution in [1.82, 2.24) is 0 Å². The molecule has 0 aliphatic heterocycles. The third-order valence-corrected chi connectivity index (χ3v) is 2.13. The van der Waals surface area contributed by atoms with E-state index < -0.39 is 0 Å². The standard InChI is InChI=1S/C13H10F/c14-13-9-5-4-8-12(13)10-11-6-2-1-3-7-11/h1-4,6-9H,10H2. The predicted molar refractivity (Wildman–Crippen MR) is 54.5 cm³/mol. The number of benzene rings is 2. The maximum atomic E-state index is 13.2. The van der Waals surface area contributed by atoms with Crippen LogP contribution in [0.3, 0.4) is 0 Å². The van der Waals surface area contributed by atoms with Gasteiger partial charge >= 0.3 is 0 Å². The van der Waals surface area contributed by atoms with Gasteiger partial charge in [0, 0.05) is 6.42 Å². The lowest BCUT2D eigenvalue weighted by atomic mass is 10.0. The molecule has 0 aliphatic rings. The normalized spacial score (nSPS) is 10.1. The minimum Gasteiger partial charge on any atom is -0.207 e. The molecule has 69 valence electrons. The van der Waals surface area contributed by atoms with Gasteiger partial charge in [-0.3, -0.25) is 0 Å². The highest BCUT2D eigenvalue weighted by Gasteiger charge is 2.00. The van der Waals surface area contributed by atoms with E-state index in [2.05, 4.69) is 6.07 Å². The summed E-state index contributed by atoms with van der Waals surface area (Å²) in [6.45, 7) is 0. The zero-order chi connectivity index (χ0) is 9.80. The fourth-order valence-corrected chi connectivity index (χ4v) is 1.40. The maximum Gasteiger partial charge on any atom is 0.127 e. The number of rotatable bonds is 2. The minimum absolute atomic E-state index is 0.184. The van der Waals surface area contributed by atoms with Gasteiger partial charge in [-0.25, -0.2) is 4.39 Å². The van der Waals surface area contributed by atoms with Crippen LogP contribution in [0.2, 0.25) is 0 Å². The van der Waals surface area contributed by atoms with Gasteiger partial charge in [-0.2, -0.15) is 0 Å². The van der Waals surface area contributed by atoms with Crippen LogP contribution in [0.5, 0.6) is 0 Å². The fraction of sp³-hybridized carbons (Fsp3) is 0.0769. The second-order valence-corrected chi connectivity index (χ2v) is 3.18. The van der Waals surface area contributed by atoms with Crippen molar-refractivity contribution in [2.24, 2.45) is 0 Å². The fourth-order valence-electron chi connectivity index (χ4n) is 1.40. The molecular formula is C13H10F. The summed E-state index contributed by atoms with van der Waals surface area (Å²) >= 11 is 0. The maximum absolute atomic E-state index is 13.2. The molecule has 0 fully saturated rings. The first-order valence-corrected chi connectivity index (χ1v) is 4.54. The Hall–Kier alpha value is -1.63. The van der Waals surface area contributed by atoms with Crippen LogP contribution in [0, 0.1) is 11.9 Å². The molecule has 0 saturated heterocycles.